The second-order valence-electron chi connectivity index (χ2n) is 5.07. The first-order valence-electron chi connectivity index (χ1n) is 6.87. The molecule has 5 heteroatoms. The maximum atomic E-state index is 12.3. The lowest BCUT2D eigenvalue weighted by Gasteiger charge is -2.15. The first-order valence-corrected chi connectivity index (χ1v) is 7.31. The largest absolute Gasteiger partial charge is 0.497 e. The summed E-state index contributed by atoms with van der Waals surface area (Å²) in [7, 11) is 5.49. The summed E-state index contributed by atoms with van der Waals surface area (Å²) < 4.78 is 5.09. The first-order chi connectivity index (χ1) is 10.5. The number of carbonyl (C=O) groups is 1. The van der Waals surface area contributed by atoms with Crippen LogP contribution in [-0.2, 0) is 4.79 Å². The summed E-state index contributed by atoms with van der Waals surface area (Å²) >= 11 is 6.24. The summed E-state index contributed by atoms with van der Waals surface area (Å²) in [6.45, 7) is 0. The van der Waals surface area contributed by atoms with E-state index in [-0.39, 0.29) is 5.91 Å². The zero-order valence-corrected chi connectivity index (χ0v) is 13.6. The van der Waals surface area contributed by atoms with E-state index in [1.165, 1.54) is 0 Å². The van der Waals surface area contributed by atoms with Gasteiger partial charge in [0.25, 0.3) is 0 Å². The molecule has 0 heterocycles. The van der Waals surface area contributed by atoms with E-state index in [0.29, 0.717) is 0 Å². The van der Waals surface area contributed by atoms with Gasteiger partial charge < -0.3 is 15.0 Å². The molecule has 2 aromatic carbocycles. The molecule has 1 amide bonds. The van der Waals surface area contributed by atoms with Gasteiger partial charge in [-0.1, -0.05) is 18.2 Å². The third-order valence-electron chi connectivity index (χ3n) is 3.27. The molecule has 1 atom stereocenters. The molecule has 0 aliphatic rings. The van der Waals surface area contributed by atoms with Crippen LogP contribution in [0, 0.1) is 0 Å². The van der Waals surface area contributed by atoms with Gasteiger partial charge in [-0.15, -0.1) is 11.6 Å². The topological polar surface area (TPSA) is 41.6 Å². The molecule has 0 fully saturated rings. The quantitative estimate of drug-likeness (QED) is 0.855. The van der Waals surface area contributed by atoms with Gasteiger partial charge in [-0.2, -0.15) is 0 Å². The van der Waals surface area contributed by atoms with Gasteiger partial charge in [-0.25, -0.2) is 0 Å². The van der Waals surface area contributed by atoms with Gasteiger partial charge in [0.1, 0.15) is 11.1 Å². The predicted octanol–water partition coefficient (Wildman–Crippen LogP) is 3.68. The SMILES string of the molecule is COc1ccc(C(Cl)C(=O)Nc2cccc(N(C)C)c2)cc1. The van der Waals surface area contributed by atoms with E-state index in [1.807, 2.05) is 43.3 Å². The van der Waals surface area contributed by atoms with Crippen molar-refractivity contribution in [3.05, 3.63) is 54.1 Å². The molecule has 1 unspecified atom stereocenters. The van der Waals surface area contributed by atoms with Crippen LogP contribution in [0.15, 0.2) is 48.5 Å². The fourth-order valence-corrected chi connectivity index (χ4v) is 2.19. The van der Waals surface area contributed by atoms with Crippen molar-refractivity contribution >= 4 is 28.9 Å². The Balaban J connectivity index is 2.08. The summed E-state index contributed by atoms with van der Waals surface area (Å²) in [5.41, 5.74) is 2.45. The first kappa shape index (κ1) is 16.2. The van der Waals surface area contributed by atoms with Crippen molar-refractivity contribution in [2.24, 2.45) is 0 Å². The van der Waals surface area contributed by atoms with Crippen LogP contribution in [0.3, 0.4) is 0 Å². The van der Waals surface area contributed by atoms with E-state index < -0.39 is 5.38 Å². The smallest absolute Gasteiger partial charge is 0.246 e. The van der Waals surface area contributed by atoms with Crippen molar-refractivity contribution in [3.63, 3.8) is 0 Å². The van der Waals surface area contributed by atoms with Crippen LogP contribution in [0.4, 0.5) is 11.4 Å². The van der Waals surface area contributed by atoms with Crippen LogP contribution >= 0.6 is 11.6 Å². The van der Waals surface area contributed by atoms with E-state index in [9.17, 15) is 4.79 Å². The summed E-state index contributed by atoms with van der Waals surface area (Å²) in [6.07, 6.45) is 0. The number of carbonyl (C=O) groups excluding carboxylic acids is 1. The molecule has 0 bridgehead atoms. The Morgan fingerprint density at radius 2 is 1.86 bits per heavy atom. The monoisotopic (exact) mass is 318 g/mol. The molecule has 116 valence electrons. The van der Waals surface area contributed by atoms with Gasteiger partial charge in [0.15, 0.2) is 0 Å². The van der Waals surface area contributed by atoms with Crippen molar-refractivity contribution < 1.29 is 9.53 Å². The fourth-order valence-electron chi connectivity index (χ4n) is 1.99. The predicted molar refractivity (Wildman–Crippen MR) is 91.0 cm³/mol. The zero-order valence-electron chi connectivity index (χ0n) is 12.8. The molecule has 0 spiro atoms. The van der Waals surface area contributed by atoms with Crippen molar-refractivity contribution in [1.82, 2.24) is 0 Å². The molecule has 22 heavy (non-hydrogen) atoms. The number of ether oxygens (including phenoxy) is 1. The minimum absolute atomic E-state index is 0.261. The van der Waals surface area contributed by atoms with Crippen LogP contribution in [0.1, 0.15) is 10.9 Å². The number of halogens is 1. The van der Waals surface area contributed by atoms with Crippen molar-refractivity contribution in [3.8, 4) is 5.75 Å². The number of alkyl halides is 1. The van der Waals surface area contributed by atoms with Crippen molar-refractivity contribution in [1.29, 1.82) is 0 Å². The van der Waals surface area contributed by atoms with E-state index in [1.54, 1.807) is 31.4 Å². The second-order valence-corrected chi connectivity index (χ2v) is 5.51. The van der Waals surface area contributed by atoms with Gasteiger partial charge in [0.2, 0.25) is 5.91 Å². The van der Waals surface area contributed by atoms with Crippen molar-refractivity contribution in [2.75, 3.05) is 31.4 Å². The number of hydrogen-bond donors (Lipinski definition) is 1. The highest BCUT2D eigenvalue weighted by atomic mass is 35.5. The maximum absolute atomic E-state index is 12.3. The van der Waals surface area contributed by atoms with Crippen molar-refractivity contribution in [2.45, 2.75) is 5.38 Å². The molecular weight excluding hydrogens is 300 g/mol. The third kappa shape index (κ3) is 3.92. The number of benzene rings is 2. The van der Waals surface area contributed by atoms with Gasteiger partial charge in [-0.3, -0.25) is 4.79 Å². The second kappa shape index (κ2) is 7.18. The Labute approximate surface area is 135 Å². The van der Waals surface area contributed by atoms with Gasteiger partial charge in [0, 0.05) is 25.5 Å². The summed E-state index contributed by atoms with van der Waals surface area (Å²) in [5.74, 6) is 0.467. The number of anilines is 2. The molecule has 0 aliphatic heterocycles. The van der Waals surface area contributed by atoms with E-state index >= 15 is 0 Å². The molecule has 0 aliphatic carbocycles. The van der Waals surface area contributed by atoms with Gasteiger partial charge in [-0.05, 0) is 35.9 Å². The molecule has 2 rings (SSSR count). The highest BCUT2D eigenvalue weighted by Crippen LogP contribution is 2.25. The molecule has 0 aromatic heterocycles. The normalized spacial score (nSPS) is 11.6. The Kier molecular flexibility index (Phi) is 5.28. The van der Waals surface area contributed by atoms with Crippen LogP contribution in [-0.4, -0.2) is 27.1 Å². The highest BCUT2D eigenvalue weighted by molar-refractivity contribution is 6.32. The standard InChI is InChI=1S/C17H19ClN2O2/c1-20(2)14-6-4-5-13(11-14)19-17(21)16(18)12-7-9-15(22-3)10-8-12/h4-11,16H,1-3H3,(H,19,21). The minimum atomic E-state index is -0.756. The van der Waals surface area contributed by atoms with Crippen LogP contribution < -0.4 is 15.0 Å². The number of nitrogens with zero attached hydrogens (tertiary/aromatic N) is 1. The molecule has 0 radical (unpaired) electrons. The number of rotatable bonds is 5. The fraction of sp³-hybridized carbons (Fsp3) is 0.235. The maximum Gasteiger partial charge on any atom is 0.246 e. The van der Waals surface area contributed by atoms with E-state index in [4.69, 9.17) is 16.3 Å². The molecule has 0 saturated carbocycles. The Hall–Kier alpha value is -2.20. The Morgan fingerprint density at radius 1 is 1.18 bits per heavy atom. The Morgan fingerprint density at radius 3 is 2.45 bits per heavy atom. The average molecular weight is 319 g/mol. The number of hydrogen-bond acceptors (Lipinski definition) is 3. The minimum Gasteiger partial charge on any atom is -0.497 e. The lowest BCUT2D eigenvalue weighted by molar-refractivity contribution is -0.116. The zero-order chi connectivity index (χ0) is 16.1. The molecule has 4 nitrogen and oxygen atoms in total. The molecular formula is C17H19ClN2O2. The highest BCUT2D eigenvalue weighted by Gasteiger charge is 2.18. The summed E-state index contributed by atoms with van der Waals surface area (Å²) in [5, 5.41) is 2.08. The van der Waals surface area contributed by atoms with Crippen LogP contribution in [0.2, 0.25) is 0 Å². The van der Waals surface area contributed by atoms with E-state index in [0.717, 1.165) is 22.7 Å². The lowest BCUT2D eigenvalue weighted by Crippen LogP contribution is -2.17. The number of methoxy groups -OCH3 is 1. The molecule has 0 saturated heterocycles. The van der Waals surface area contributed by atoms with E-state index in [2.05, 4.69) is 5.32 Å². The number of nitrogens with one attached hydrogen (secondary N) is 1. The summed E-state index contributed by atoms with van der Waals surface area (Å²) in [4.78, 5) is 14.2. The number of amides is 1. The van der Waals surface area contributed by atoms with Gasteiger partial charge in [0.05, 0.1) is 7.11 Å². The van der Waals surface area contributed by atoms with Gasteiger partial charge >= 0.3 is 0 Å². The van der Waals surface area contributed by atoms with Crippen LogP contribution in [0.5, 0.6) is 5.75 Å². The van der Waals surface area contributed by atoms with Crippen LogP contribution in [0.25, 0.3) is 0 Å². The average Bonchev–Trinajstić information content (AvgIpc) is 2.54. The Bertz CT molecular complexity index is 641. The molecule has 1 N–H and O–H groups in total. The lowest BCUT2D eigenvalue weighted by atomic mass is 10.1. The molecule has 2 aromatic rings. The third-order valence-corrected chi connectivity index (χ3v) is 3.72. The summed E-state index contributed by atoms with van der Waals surface area (Å²) in [6, 6.07) is 14.7.